The SMILES string of the molecule is CC(Cc1cc(C2CN(C(C)(C)C)CCN2C)ccn1)N1C[C@H]2C[C@@H]1CN2C. The van der Waals surface area contributed by atoms with Crippen molar-refractivity contribution in [2.24, 2.45) is 0 Å². The Morgan fingerprint density at radius 3 is 2.50 bits per heavy atom. The second-order valence-corrected chi connectivity index (χ2v) is 10.4. The van der Waals surface area contributed by atoms with Gasteiger partial charge in [-0.15, -0.1) is 0 Å². The lowest BCUT2D eigenvalue weighted by Gasteiger charge is -2.45. The highest BCUT2D eigenvalue weighted by Crippen LogP contribution is 2.32. The second-order valence-electron chi connectivity index (χ2n) is 10.4. The summed E-state index contributed by atoms with van der Waals surface area (Å²) >= 11 is 0. The van der Waals surface area contributed by atoms with Crippen molar-refractivity contribution in [3.8, 4) is 0 Å². The van der Waals surface area contributed by atoms with Crippen LogP contribution < -0.4 is 0 Å². The first-order valence-electron chi connectivity index (χ1n) is 11.1. The van der Waals surface area contributed by atoms with Gasteiger partial charge in [-0.1, -0.05) is 0 Å². The van der Waals surface area contributed by atoms with Gasteiger partial charge in [0, 0.05) is 80.7 Å². The molecule has 28 heavy (non-hydrogen) atoms. The van der Waals surface area contributed by atoms with Gasteiger partial charge in [-0.2, -0.15) is 0 Å². The number of hydrogen-bond donors (Lipinski definition) is 0. The molecule has 0 N–H and O–H groups in total. The van der Waals surface area contributed by atoms with Gasteiger partial charge in [-0.3, -0.25) is 19.7 Å². The van der Waals surface area contributed by atoms with E-state index < -0.39 is 0 Å². The third-order valence-corrected chi connectivity index (χ3v) is 7.45. The fraction of sp³-hybridized carbons (Fsp3) is 0.783. The molecule has 0 amide bonds. The molecule has 2 unspecified atom stereocenters. The zero-order valence-electron chi connectivity index (χ0n) is 18.7. The van der Waals surface area contributed by atoms with Crippen molar-refractivity contribution in [1.82, 2.24) is 24.6 Å². The first-order valence-corrected chi connectivity index (χ1v) is 11.1. The van der Waals surface area contributed by atoms with Gasteiger partial charge in [0.1, 0.15) is 0 Å². The Balaban J connectivity index is 1.44. The lowest BCUT2D eigenvalue weighted by atomic mass is 9.97. The van der Waals surface area contributed by atoms with E-state index in [4.69, 9.17) is 4.98 Å². The van der Waals surface area contributed by atoms with E-state index in [0.717, 1.165) is 38.1 Å². The van der Waals surface area contributed by atoms with Crippen LogP contribution in [0.5, 0.6) is 0 Å². The zero-order chi connectivity index (χ0) is 20.1. The Bertz CT molecular complexity index is 682. The summed E-state index contributed by atoms with van der Waals surface area (Å²) in [6.07, 6.45) is 4.44. The number of nitrogens with zero attached hydrogens (tertiary/aromatic N) is 5. The number of rotatable bonds is 4. The van der Waals surface area contributed by atoms with Gasteiger partial charge in [0.05, 0.1) is 0 Å². The minimum absolute atomic E-state index is 0.228. The first-order chi connectivity index (χ1) is 13.2. The summed E-state index contributed by atoms with van der Waals surface area (Å²) < 4.78 is 0. The van der Waals surface area contributed by atoms with E-state index in [1.807, 2.05) is 6.20 Å². The highest BCUT2D eigenvalue weighted by molar-refractivity contribution is 5.22. The van der Waals surface area contributed by atoms with Crippen LogP contribution in [0.3, 0.4) is 0 Å². The number of aromatic nitrogens is 1. The molecule has 4 rings (SSSR count). The van der Waals surface area contributed by atoms with Gasteiger partial charge in [-0.25, -0.2) is 0 Å². The largest absolute Gasteiger partial charge is 0.301 e. The molecule has 1 aromatic heterocycles. The lowest BCUT2D eigenvalue weighted by Crippen LogP contribution is -2.53. The van der Waals surface area contributed by atoms with Crippen molar-refractivity contribution in [3.05, 3.63) is 29.6 Å². The van der Waals surface area contributed by atoms with Crippen LogP contribution in [0, 0.1) is 0 Å². The summed E-state index contributed by atoms with van der Waals surface area (Å²) in [6, 6.07) is 7.16. The number of hydrogen-bond acceptors (Lipinski definition) is 5. The van der Waals surface area contributed by atoms with E-state index in [1.54, 1.807) is 0 Å². The van der Waals surface area contributed by atoms with Crippen LogP contribution in [-0.4, -0.2) is 95.1 Å². The Kier molecular flexibility index (Phi) is 5.56. The maximum atomic E-state index is 4.75. The molecule has 0 radical (unpaired) electrons. The van der Waals surface area contributed by atoms with Gasteiger partial charge in [-0.05, 0) is 65.9 Å². The molecule has 1 aromatic rings. The molecule has 0 aliphatic carbocycles. The van der Waals surface area contributed by atoms with Crippen molar-refractivity contribution in [2.75, 3.05) is 46.8 Å². The fourth-order valence-corrected chi connectivity index (χ4v) is 5.52. The van der Waals surface area contributed by atoms with Crippen LogP contribution in [0.1, 0.15) is 51.4 Å². The van der Waals surface area contributed by atoms with Crippen LogP contribution in [-0.2, 0) is 6.42 Å². The molecule has 4 heterocycles. The van der Waals surface area contributed by atoms with Gasteiger partial charge in [0.15, 0.2) is 0 Å². The van der Waals surface area contributed by atoms with E-state index in [1.165, 1.54) is 30.8 Å². The van der Waals surface area contributed by atoms with E-state index in [0.29, 0.717) is 12.1 Å². The summed E-state index contributed by atoms with van der Waals surface area (Å²) in [4.78, 5) is 15.1. The van der Waals surface area contributed by atoms with Gasteiger partial charge in [0.2, 0.25) is 0 Å². The molecule has 3 saturated heterocycles. The van der Waals surface area contributed by atoms with Crippen LogP contribution >= 0.6 is 0 Å². The monoisotopic (exact) mass is 385 g/mol. The molecule has 5 heteroatoms. The molecule has 3 aliphatic heterocycles. The van der Waals surface area contributed by atoms with Gasteiger partial charge >= 0.3 is 0 Å². The summed E-state index contributed by atoms with van der Waals surface area (Å²) in [5.41, 5.74) is 2.91. The Labute approximate surface area is 171 Å². The zero-order valence-corrected chi connectivity index (χ0v) is 18.7. The molecule has 0 saturated carbocycles. The average Bonchev–Trinajstić information content (AvgIpc) is 3.21. The number of fused-ring (bicyclic) bond motifs is 2. The van der Waals surface area contributed by atoms with Crippen molar-refractivity contribution in [1.29, 1.82) is 0 Å². The quantitative estimate of drug-likeness (QED) is 0.793. The highest BCUT2D eigenvalue weighted by Gasteiger charge is 2.43. The predicted molar refractivity (Wildman–Crippen MR) is 116 cm³/mol. The fourth-order valence-electron chi connectivity index (χ4n) is 5.52. The van der Waals surface area contributed by atoms with Crippen LogP contribution in [0.4, 0.5) is 0 Å². The normalized spacial score (nSPS) is 31.6. The third kappa shape index (κ3) is 4.00. The van der Waals surface area contributed by atoms with Crippen molar-refractivity contribution >= 4 is 0 Å². The smallest absolute Gasteiger partial charge is 0.0474 e. The third-order valence-electron chi connectivity index (χ3n) is 7.45. The highest BCUT2D eigenvalue weighted by atomic mass is 15.3. The van der Waals surface area contributed by atoms with Gasteiger partial charge < -0.3 is 4.90 Å². The molecule has 156 valence electrons. The molecule has 0 spiro atoms. The second kappa shape index (κ2) is 7.67. The van der Waals surface area contributed by atoms with Gasteiger partial charge in [0.25, 0.3) is 0 Å². The maximum Gasteiger partial charge on any atom is 0.0474 e. The number of likely N-dealkylation sites (tertiary alicyclic amines) is 2. The van der Waals surface area contributed by atoms with E-state index in [-0.39, 0.29) is 5.54 Å². The Hall–Kier alpha value is -1.01. The molecular weight excluding hydrogens is 346 g/mol. The molecule has 4 atom stereocenters. The minimum Gasteiger partial charge on any atom is -0.301 e. The number of pyridine rings is 1. The summed E-state index contributed by atoms with van der Waals surface area (Å²) in [5, 5.41) is 0. The van der Waals surface area contributed by atoms with Crippen molar-refractivity contribution in [3.63, 3.8) is 0 Å². The van der Waals surface area contributed by atoms with E-state index >= 15 is 0 Å². The number of piperazine rings is 2. The summed E-state index contributed by atoms with van der Waals surface area (Å²) in [5.74, 6) is 0. The minimum atomic E-state index is 0.228. The van der Waals surface area contributed by atoms with E-state index in [2.05, 4.69) is 73.5 Å². The predicted octanol–water partition coefficient (Wildman–Crippen LogP) is 2.49. The van der Waals surface area contributed by atoms with Crippen molar-refractivity contribution in [2.45, 2.75) is 70.2 Å². The molecule has 3 aliphatic rings. The maximum absolute atomic E-state index is 4.75. The molecule has 5 nitrogen and oxygen atoms in total. The number of likely N-dealkylation sites (N-methyl/N-ethyl adjacent to an activating group) is 2. The first kappa shape index (κ1) is 20.3. The van der Waals surface area contributed by atoms with Crippen LogP contribution in [0.25, 0.3) is 0 Å². The lowest BCUT2D eigenvalue weighted by molar-refractivity contribution is 0.0344. The summed E-state index contributed by atoms with van der Waals surface area (Å²) in [6.45, 7) is 15.2. The molecule has 3 fully saturated rings. The Morgan fingerprint density at radius 2 is 1.86 bits per heavy atom. The van der Waals surface area contributed by atoms with Crippen LogP contribution in [0.15, 0.2) is 18.3 Å². The van der Waals surface area contributed by atoms with Crippen LogP contribution in [0.2, 0.25) is 0 Å². The molecule has 2 bridgehead atoms. The summed E-state index contributed by atoms with van der Waals surface area (Å²) in [7, 11) is 4.55. The molecular formula is C23H39N5. The van der Waals surface area contributed by atoms with E-state index in [9.17, 15) is 0 Å². The van der Waals surface area contributed by atoms with Crippen molar-refractivity contribution < 1.29 is 0 Å². The topological polar surface area (TPSA) is 25.9 Å². The Morgan fingerprint density at radius 1 is 1.07 bits per heavy atom. The molecule has 0 aromatic carbocycles. The average molecular weight is 386 g/mol. The standard InChI is InChI=1S/C23H39N5/c1-17(28-15-20-13-21(28)14-26(20)6)11-19-12-18(7-8-24-19)22-16-27(23(2,3)4)10-9-25(22)5/h7-8,12,17,20-22H,9-11,13-16H2,1-6H3/t17?,20-,21-,22?/m1/s1.